The first-order valence-corrected chi connectivity index (χ1v) is 11.0. The molecular formula is C25H28N2O5. The van der Waals surface area contributed by atoms with E-state index in [1.54, 1.807) is 13.8 Å². The second kappa shape index (κ2) is 8.65. The van der Waals surface area contributed by atoms with Gasteiger partial charge in [-0.25, -0.2) is 9.59 Å². The number of likely N-dealkylation sites (tertiary alicyclic amines) is 1. The van der Waals surface area contributed by atoms with Crippen molar-refractivity contribution in [2.75, 3.05) is 13.2 Å². The molecule has 0 saturated carbocycles. The van der Waals surface area contributed by atoms with Crippen LogP contribution in [-0.2, 0) is 14.3 Å². The highest BCUT2D eigenvalue weighted by molar-refractivity contribution is 5.88. The molecule has 2 aliphatic rings. The molecular weight excluding hydrogens is 408 g/mol. The summed E-state index contributed by atoms with van der Waals surface area (Å²) in [7, 11) is 0. The highest BCUT2D eigenvalue weighted by Crippen LogP contribution is 2.44. The fourth-order valence-electron chi connectivity index (χ4n) is 4.85. The number of alkyl carbamates (subject to hydrolysis) is 1. The Bertz CT molecular complexity index is 1010. The molecule has 1 aliphatic carbocycles. The number of nitrogens with one attached hydrogen (secondary N) is 1. The zero-order valence-electron chi connectivity index (χ0n) is 18.3. The molecule has 2 N–H and O–H groups in total. The number of fused-ring (bicyclic) bond motifs is 3. The fraction of sp³-hybridized carbons (Fsp3) is 0.400. The van der Waals surface area contributed by atoms with Crippen LogP contribution in [0.5, 0.6) is 0 Å². The highest BCUT2D eigenvalue weighted by Gasteiger charge is 2.45. The van der Waals surface area contributed by atoms with Gasteiger partial charge in [0.2, 0.25) is 5.91 Å². The van der Waals surface area contributed by atoms with Crippen LogP contribution in [0.15, 0.2) is 48.5 Å². The molecule has 1 aliphatic heterocycles. The highest BCUT2D eigenvalue weighted by atomic mass is 16.5. The van der Waals surface area contributed by atoms with Crippen molar-refractivity contribution in [2.45, 2.75) is 50.6 Å². The van der Waals surface area contributed by atoms with Crippen molar-refractivity contribution in [1.82, 2.24) is 10.2 Å². The van der Waals surface area contributed by atoms with E-state index >= 15 is 0 Å². The van der Waals surface area contributed by atoms with E-state index < -0.39 is 23.6 Å². The van der Waals surface area contributed by atoms with Crippen LogP contribution in [0.25, 0.3) is 11.1 Å². The second-order valence-corrected chi connectivity index (χ2v) is 8.80. The number of carboxylic acid groups (broad SMARTS) is 1. The van der Waals surface area contributed by atoms with Gasteiger partial charge in [0.25, 0.3) is 0 Å². The smallest absolute Gasteiger partial charge is 0.407 e. The fourth-order valence-corrected chi connectivity index (χ4v) is 4.85. The maximum absolute atomic E-state index is 12.7. The van der Waals surface area contributed by atoms with Crippen molar-refractivity contribution in [3.63, 3.8) is 0 Å². The number of rotatable bonds is 6. The minimum atomic E-state index is -1.18. The van der Waals surface area contributed by atoms with Gasteiger partial charge >= 0.3 is 12.1 Å². The molecule has 2 atom stereocenters. The number of carboxylic acids is 1. The molecule has 1 saturated heterocycles. The van der Waals surface area contributed by atoms with Gasteiger partial charge in [0.1, 0.15) is 12.1 Å². The molecule has 0 aromatic heterocycles. The zero-order valence-corrected chi connectivity index (χ0v) is 18.3. The Morgan fingerprint density at radius 3 is 2.31 bits per heavy atom. The van der Waals surface area contributed by atoms with Crippen molar-refractivity contribution in [3.8, 4) is 11.1 Å². The van der Waals surface area contributed by atoms with Gasteiger partial charge in [-0.15, -0.1) is 0 Å². The third-order valence-corrected chi connectivity index (χ3v) is 6.59. The molecule has 7 nitrogen and oxygen atoms in total. The van der Waals surface area contributed by atoms with Gasteiger partial charge in [-0.3, -0.25) is 4.79 Å². The predicted octanol–water partition coefficient (Wildman–Crippen LogP) is 3.77. The van der Waals surface area contributed by atoms with Crippen LogP contribution in [0.4, 0.5) is 4.79 Å². The van der Waals surface area contributed by atoms with Crippen LogP contribution in [0.1, 0.15) is 50.2 Å². The second-order valence-electron chi connectivity index (χ2n) is 8.80. The number of nitrogens with zero attached hydrogens (tertiary/aromatic N) is 1. The molecule has 4 rings (SSSR count). The first-order valence-electron chi connectivity index (χ1n) is 11.0. The van der Waals surface area contributed by atoms with Gasteiger partial charge in [-0.2, -0.15) is 0 Å². The number of hydrogen-bond acceptors (Lipinski definition) is 4. The van der Waals surface area contributed by atoms with Crippen LogP contribution < -0.4 is 5.32 Å². The summed E-state index contributed by atoms with van der Waals surface area (Å²) in [5.74, 6) is -1.31. The minimum absolute atomic E-state index is 0.0209. The Balaban J connectivity index is 1.34. The van der Waals surface area contributed by atoms with E-state index in [-0.39, 0.29) is 24.9 Å². The maximum atomic E-state index is 12.7. The molecule has 0 unspecified atom stereocenters. The van der Waals surface area contributed by atoms with Crippen LogP contribution in [0, 0.1) is 0 Å². The largest absolute Gasteiger partial charge is 0.480 e. The summed E-state index contributed by atoms with van der Waals surface area (Å²) in [6, 6.07) is 15.7. The standard InChI is InChI=1S/C25H28N2O5/c1-16(14-22(28)27-13-7-12-25(27,2)23(29)30)26-24(31)32-15-21-19-10-5-3-8-17(19)18-9-4-6-11-20(18)21/h3-6,8-11,16,21H,7,12-15H2,1-2H3,(H,26,31)(H,29,30)/t16-,25+/m0/s1. The molecule has 168 valence electrons. The van der Waals surface area contributed by atoms with Crippen molar-refractivity contribution in [2.24, 2.45) is 0 Å². The van der Waals surface area contributed by atoms with Crippen molar-refractivity contribution >= 4 is 18.0 Å². The van der Waals surface area contributed by atoms with Gasteiger partial charge in [-0.1, -0.05) is 48.5 Å². The van der Waals surface area contributed by atoms with Gasteiger partial charge in [0.05, 0.1) is 0 Å². The van der Waals surface area contributed by atoms with Gasteiger partial charge in [-0.05, 0) is 48.9 Å². The van der Waals surface area contributed by atoms with Crippen molar-refractivity contribution in [3.05, 3.63) is 59.7 Å². The number of hydrogen-bond donors (Lipinski definition) is 2. The van der Waals surface area contributed by atoms with Crippen molar-refractivity contribution < 1.29 is 24.2 Å². The van der Waals surface area contributed by atoms with E-state index in [1.165, 1.54) is 4.90 Å². The van der Waals surface area contributed by atoms with Crippen LogP contribution in [-0.4, -0.2) is 52.7 Å². The molecule has 1 heterocycles. The normalized spacial score (nSPS) is 20.4. The van der Waals surface area contributed by atoms with Crippen molar-refractivity contribution in [1.29, 1.82) is 0 Å². The van der Waals surface area contributed by atoms with E-state index in [4.69, 9.17) is 4.74 Å². The number of carbonyl (C=O) groups is 3. The molecule has 32 heavy (non-hydrogen) atoms. The van der Waals surface area contributed by atoms with Crippen LogP contribution >= 0.6 is 0 Å². The Morgan fingerprint density at radius 2 is 1.72 bits per heavy atom. The number of carbonyl (C=O) groups excluding carboxylic acids is 2. The summed E-state index contributed by atoms with van der Waals surface area (Å²) in [4.78, 5) is 38.1. The minimum Gasteiger partial charge on any atom is -0.480 e. The SMILES string of the molecule is C[C@@H](CC(=O)N1CCC[C@]1(C)C(=O)O)NC(=O)OCC1c2ccccc2-c2ccccc21. The first kappa shape index (κ1) is 21.9. The Labute approximate surface area is 187 Å². The van der Waals surface area contributed by atoms with E-state index in [2.05, 4.69) is 29.6 Å². The Morgan fingerprint density at radius 1 is 1.12 bits per heavy atom. The Hall–Kier alpha value is -3.35. The summed E-state index contributed by atoms with van der Waals surface area (Å²) in [5, 5.41) is 12.2. The molecule has 2 aromatic carbocycles. The van der Waals surface area contributed by atoms with Gasteiger partial charge in [0.15, 0.2) is 0 Å². The average molecular weight is 437 g/mol. The van der Waals surface area contributed by atoms with Crippen LogP contribution in [0.3, 0.4) is 0 Å². The Kier molecular flexibility index (Phi) is 5.91. The first-order chi connectivity index (χ1) is 15.3. The quantitative estimate of drug-likeness (QED) is 0.719. The molecule has 2 amide bonds. The van der Waals surface area contributed by atoms with E-state index in [0.29, 0.717) is 19.4 Å². The molecule has 2 aromatic rings. The lowest BCUT2D eigenvalue weighted by atomic mass is 9.98. The van der Waals surface area contributed by atoms with Gasteiger partial charge in [0, 0.05) is 24.9 Å². The molecule has 0 spiro atoms. The lowest BCUT2D eigenvalue weighted by molar-refractivity contribution is -0.155. The van der Waals surface area contributed by atoms with E-state index in [9.17, 15) is 19.5 Å². The number of benzene rings is 2. The third kappa shape index (κ3) is 3.95. The number of ether oxygens (including phenoxy) is 1. The van der Waals surface area contributed by atoms with Gasteiger partial charge < -0.3 is 20.1 Å². The molecule has 1 fully saturated rings. The number of aliphatic carboxylic acids is 1. The average Bonchev–Trinajstić information content (AvgIpc) is 3.31. The molecule has 7 heteroatoms. The summed E-state index contributed by atoms with van der Waals surface area (Å²) >= 11 is 0. The lowest BCUT2D eigenvalue weighted by Gasteiger charge is -2.32. The zero-order chi connectivity index (χ0) is 22.9. The lowest BCUT2D eigenvalue weighted by Crippen LogP contribution is -2.52. The summed E-state index contributed by atoms with van der Waals surface area (Å²) in [6.45, 7) is 3.90. The summed E-state index contributed by atoms with van der Waals surface area (Å²) < 4.78 is 5.53. The topological polar surface area (TPSA) is 95.9 Å². The maximum Gasteiger partial charge on any atom is 0.407 e. The summed E-state index contributed by atoms with van der Waals surface area (Å²) in [6.07, 6.45) is 0.521. The molecule has 0 radical (unpaired) electrons. The monoisotopic (exact) mass is 436 g/mol. The van der Waals surface area contributed by atoms with E-state index in [0.717, 1.165) is 22.3 Å². The van der Waals surface area contributed by atoms with Crippen LogP contribution in [0.2, 0.25) is 0 Å². The predicted molar refractivity (Wildman–Crippen MR) is 119 cm³/mol. The summed E-state index contributed by atoms with van der Waals surface area (Å²) in [5.41, 5.74) is 3.39. The molecule has 0 bridgehead atoms. The van der Waals surface area contributed by atoms with E-state index in [1.807, 2.05) is 24.3 Å². The third-order valence-electron chi connectivity index (χ3n) is 6.59. The number of amides is 2.